The summed E-state index contributed by atoms with van der Waals surface area (Å²) in [6.45, 7) is 0. The second kappa shape index (κ2) is 5.48. The Balaban J connectivity index is 1.81. The van der Waals surface area contributed by atoms with Gasteiger partial charge in [0, 0.05) is 18.0 Å². The summed E-state index contributed by atoms with van der Waals surface area (Å²) in [4.78, 5) is 4.14. The number of aryl methyl sites for hydroxylation is 1. The molecule has 3 aromatic heterocycles. The standard InChI is InChI=1S/C13H15N5S/c14-17-12(2-1-10-3-6-19-9-10)11-7-16-18-5-4-15-8-13(11)18/h3-9,12,17H,1-2,14H2. The molecule has 98 valence electrons. The minimum absolute atomic E-state index is 0.0848. The Labute approximate surface area is 115 Å². The van der Waals surface area contributed by atoms with Gasteiger partial charge in [0.15, 0.2) is 0 Å². The Morgan fingerprint density at radius 1 is 1.42 bits per heavy atom. The maximum atomic E-state index is 5.69. The van der Waals surface area contributed by atoms with Crippen LogP contribution in [0.5, 0.6) is 0 Å². The first-order valence-electron chi connectivity index (χ1n) is 6.13. The number of hydrogen-bond donors (Lipinski definition) is 2. The highest BCUT2D eigenvalue weighted by molar-refractivity contribution is 7.07. The van der Waals surface area contributed by atoms with Gasteiger partial charge >= 0.3 is 0 Å². The summed E-state index contributed by atoms with van der Waals surface area (Å²) >= 11 is 1.72. The van der Waals surface area contributed by atoms with Crippen molar-refractivity contribution in [1.29, 1.82) is 0 Å². The van der Waals surface area contributed by atoms with E-state index in [2.05, 4.69) is 32.3 Å². The predicted molar refractivity (Wildman–Crippen MR) is 75.7 cm³/mol. The quantitative estimate of drug-likeness (QED) is 0.550. The first kappa shape index (κ1) is 12.3. The van der Waals surface area contributed by atoms with E-state index < -0.39 is 0 Å². The second-order valence-corrected chi connectivity index (χ2v) is 5.18. The van der Waals surface area contributed by atoms with Crippen LogP contribution >= 0.6 is 11.3 Å². The maximum absolute atomic E-state index is 5.69. The number of nitrogens with two attached hydrogens (primary N) is 1. The smallest absolute Gasteiger partial charge is 0.0893 e. The lowest BCUT2D eigenvalue weighted by molar-refractivity contribution is 0.519. The van der Waals surface area contributed by atoms with Gasteiger partial charge in [-0.25, -0.2) is 4.52 Å². The fraction of sp³-hybridized carbons (Fsp3) is 0.231. The lowest BCUT2D eigenvalue weighted by atomic mass is 10.0. The fourth-order valence-corrected chi connectivity index (χ4v) is 2.90. The van der Waals surface area contributed by atoms with Crippen molar-refractivity contribution in [3.63, 3.8) is 0 Å². The van der Waals surface area contributed by atoms with Crippen LogP contribution < -0.4 is 11.3 Å². The summed E-state index contributed by atoms with van der Waals surface area (Å²) in [6, 6.07) is 2.23. The van der Waals surface area contributed by atoms with E-state index in [0.717, 1.165) is 23.9 Å². The zero-order valence-electron chi connectivity index (χ0n) is 10.4. The molecule has 0 aliphatic heterocycles. The third kappa shape index (κ3) is 2.51. The van der Waals surface area contributed by atoms with Crippen molar-refractivity contribution in [2.75, 3.05) is 0 Å². The van der Waals surface area contributed by atoms with Crippen LogP contribution in [0.3, 0.4) is 0 Å². The van der Waals surface area contributed by atoms with Crippen molar-refractivity contribution >= 4 is 16.9 Å². The van der Waals surface area contributed by atoms with Crippen LogP contribution in [0, 0.1) is 0 Å². The lowest BCUT2D eigenvalue weighted by Crippen LogP contribution is -2.28. The number of rotatable bonds is 5. The molecule has 19 heavy (non-hydrogen) atoms. The summed E-state index contributed by atoms with van der Waals surface area (Å²) in [7, 11) is 0. The molecule has 3 N–H and O–H groups in total. The topological polar surface area (TPSA) is 68.2 Å². The molecule has 6 heteroatoms. The van der Waals surface area contributed by atoms with E-state index in [1.165, 1.54) is 5.56 Å². The predicted octanol–water partition coefficient (Wildman–Crippen LogP) is 1.93. The summed E-state index contributed by atoms with van der Waals surface area (Å²) < 4.78 is 1.82. The van der Waals surface area contributed by atoms with Gasteiger partial charge < -0.3 is 0 Å². The van der Waals surface area contributed by atoms with Crippen molar-refractivity contribution in [3.05, 3.63) is 52.7 Å². The Hall–Kier alpha value is -1.76. The number of hydrazine groups is 1. The number of thiophene rings is 1. The van der Waals surface area contributed by atoms with Gasteiger partial charge in [0.25, 0.3) is 0 Å². The highest BCUT2D eigenvalue weighted by atomic mass is 32.1. The highest BCUT2D eigenvalue weighted by Crippen LogP contribution is 2.22. The number of aromatic nitrogens is 3. The first-order chi connectivity index (χ1) is 9.38. The Bertz CT molecular complexity index is 646. The van der Waals surface area contributed by atoms with Gasteiger partial charge in [0.05, 0.1) is 24.0 Å². The lowest BCUT2D eigenvalue weighted by Gasteiger charge is -2.14. The number of nitrogens with one attached hydrogen (secondary N) is 1. The van der Waals surface area contributed by atoms with E-state index in [1.807, 2.05) is 23.1 Å². The van der Waals surface area contributed by atoms with Crippen LogP contribution in [0.25, 0.3) is 5.52 Å². The van der Waals surface area contributed by atoms with E-state index >= 15 is 0 Å². The summed E-state index contributed by atoms with van der Waals surface area (Å²) in [5, 5.41) is 8.58. The van der Waals surface area contributed by atoms with Crippen LogP contribution in [0.2, 0.25) is 0 Å². The summed E-state index contributed by atoms with van der Waals surface area (Å²) in [5.41, 5.74) is 6.31. The molecule has 5 nitrogen and oxygen atoms in total. The summed E-state index contributed by atoms with van der Waals surface area (Å²) in [5.74, 6) is 5.69. The van der Waals surface area contributed by atoms with Crippen LogP contribution in [0.15, 0.2) is 41.6 Å². The first-order valence-corrected chi connectivity index (χ1v) is 7.07. The zero-order valence-corrected chi connectivity index (χ0v) is 11.2. The molecule has 0 aliphatic carbocycles. The molecule has 0 fully saturated rings. The van der Waals surface area contributed by atoms with Gasteiger partial charge in [-0.05, 0) is 35.2 Å². The fourth-order valence-electron chi connectivity index (χ4n) is 2.20. The average molecular weight is 273 g/mol. The van der Waals surface area contributed by atoms with E-state index in [1.54, 1.807) is 17.5 Å². The number of nitrogens with zero attached hydrogens (tertiary/aromatic N) is 3. The Morgan fingerprint density at radius 2 is 2.37 bits per heavy atom. The minimum atomic E-state index is 0.0848. The largest absolute Gasteiger partial charge is 0.271 e. The normalized spacial score (nSPS) is 12.9. The molecular formula is C13H15N5S. The number of fused-ring (bicyclic) bond motifs is 1. The van der Waals surface area contributed by atoms with Gasteiger partial charge in [-0.2, -0.15) is 16.4 Å². The van der Waals surface area contributed by atoms with Crippen molar-refractivity contribution in [2.45, 2.75) is 18.9 Å². The molecule has 0 bridgehead atoms. The molecule has 0 saturated heterocycles. The molecule has 3 aromatic rings. The van der Waals surface area contributed by atoms with Gasteiger partial charge in [0.2, 0.25) is 0 Å². The zero-order chi connectivity index (χ0) is 13.1. The van der Waals surface area contributed by atoms with Crippen molar-refractivity contribution in [1.82, 2.24) is 20.0 Å². The molecule has 0 aromatic carbocycles. The third-order valence-corrected chi connectivity index (χ3v) is 3.97. The maximum Gasteiger partial charge on any atom is 0.0893 e. The van der Waals surface area contributed by atoms with Gasteiger partial charge in [-0.3, -0.25) is 16.3 Å². The third-order valence-electron chi connectivity index (χ3n) is 3.23. The molecule has 0 radical (unpaired) electrons. The monoisotopic (exact) mass is 273 g/mol. The van der Waals surface area contributed by atoms with Crippen molar-refractivity contribution in [2.24, 2.45) is 5.84 Å². The molecule has 3 heterocycles. The molecule has 0 spiro atoms. The van der Waals surface area contributed by atoms with Crippen molar-refractivity contribution in [3.8, 4) is 0 Å². The van der Waals surface area contributed by atoms with E-state index in [-0.39, 0.29) is 6.04 Å². The van der Waals surface area contributed by atoms with Crippen LogP contribution in [-0.2, 0) is 6.42 Å². The molecule has 1 atom stereocenters. The molecule has 1 unspecified atom stereocenters. The van der Waals surface area contributed by atoms with Crippen molar-refractivity contribution < 1.29 is 0 Å². The van der Waals surface area contributed by atoms with E-state index in [4.69, 9.17) is 5.84 Å². The van der Waals surface area contributed by atoms with Gasteiger partial charge in [-0.1, -0.05) is 0 Å². The van der Waals surface area contributed by atoms with Crippen LogP contribution in [-0.4, -0.2) is 14.6 Å². The van der Waals surface area contributed by atoms with Crippen LogP contribution in [0.1, 0.15) is 23.6 Å². The molecule has 3 rings (SSSR count). The Kier molecular flexibility index (Phi) is 3.54. The van der Waals surface area contributed by atoms with Gasteiger partial charge in [-0.15, -0.1) is 0 Å². The second-order valence-electron chi connectivity index (χ2n) is 4.40. The summed E-state index contributed by atoms with van der Waals surface area (Å²) in [6.07, 6.45) is 9.16. The number of hydrogen-bond acceptors (Lipinski definition) is 5. The average Bonchev–Trinajstić information content (AvgIpc) is 3.09. The molecule has 0 amide bonds. The Morgan fingerprint density at radius 3 is 3.16 bits per heavy atom. The van der Waals surface area contributed by atoms with E-state index in [9.17, 15) is 0 Å². The van der Waals surface area contributed by atoms with Gasteiger partial charge in [0.1, 0.15) is 0 Å². The minimum Gasteiger partial charge on any atom is -0.271 e. The molecule has 0 aliphatic rings. The van der Waals surface area contributed by atoms with E-state index in [0.29, 0.717) is 0 Å². The molecular weight excluding hydrogens is 258 g/mol. The molecule has 0 saturated carbocycles. The van der Waals surface area contributed by atoms with Crippen LogP contribution in [0.4, 0.5) is 0 Å². The highest BCUT2D eigenvalue weighted by Gasteiger charge is 2.15. The SMILES string of the molecule is NNC(CCc1ccsc1)c1cnn2ccncc12.